The molecule has 2 unspecified atom stereocenters. The van der Waals surface area contributed by atoms with Crippen LogP contribution < -0.4 is 4.90 Å². The van der Waals surface area contributed by atoms with Gasteiger partial charge >= 0.3 is 5.69 Å². The summed E-state index contributed by atoms with van der Waals surface area (Å²) >= 11 is 5.75. The highest BCUT2D eigenvalue weighted by atomic mass is 35.5. The summed E-state index contributed by atoms with van der Waals surface area (Å²) in [6.45, 7) is 4.97. The molecule has 1 aliphatic heterocycles. The fraction of sp³-hybridized carbons (Fsp3) is 0.636. The van der Waals surface area contributed by atoms with Gasteiger partial charge in [0.2, 0.25) is 11.1 Å². The van der Waals surface area contributed by atoms with Gasteiger partial charge in [-0.25, -0.2) is 4.98 Å². The van der Waals surface area contributed by atoms with E-state index in [1.165, 1.54) is 6.20 Å². The van der Waals surface area contributed by atoms with Gasteiger partial charge in [0.1, 0.15) is 6.20 Å². The third kappa shape index (κ3) is 2.38. The number of aromatic nitrogens is 2. The van der Waals surface area contributed by atoms with Crippen LogP contribution in [-0.2, 0) is 0 Å². The normalized spacial score (nSPS) is 24.1. The third-order valence-electron chi connectivity index (χ3n) is 3.56. The number of halogens is 1. The Hall–Kier alpha value is -1.43. The first-order valence-corrected chi connectivity index (χ1v) is 6.32. The van der Waals surface area contributed by atoms with E-state index >= 15 is 0 Å². The molecule has 2 rings (SSSR count). The molecule has 1 fully saturated rings. The lowest BCUT2D eigenvalue weighted by atomic mass is 9.92. The molecule has 98 valence electrons. The van der Waals surface area contributed by atoms with Crippen molar-refractivity contribution in [3.63, 3.8) is 0 Å². The summed E-state index contributed by atoms with van der Waals surface area (Å²) in [6.07, 6.45) is 3.31. The minimum absolute atomic E-state index is 0.0426. The van der Waals surface area contributed by atoms with Crippen molar-refractivity contribution in [3.05, 3.63) is 21.6 Å². The van der Waals surface area contributed by atoms with Crippen molar-refractivity contribution in [2.24, 2.45) is 5.92 Å². The average molecular weight is 271 g/mol. The van der Waals surface area contributed by atoms with Crippen LogP contribution in [0, 0.1) is 16.0 Å². The molecule has 0 radical (unpaired) electrons. The first kappa shape index (κ1) is 13.0. The van der Waals surface area contributed by atoms with Gasteiger partial charge in [0, 0.05) is 12.6 Å². The van der Waals surface area contributed by atoms with E-state index in [0.29, 0.717) is 11.7 Å². The molecule has 1 saturated heterocycles. The van der Waals surface area contributed by atoms with Crippen molar-refractivity contribution in [2.45, 2.75) is 32.7 Å². The average Bonchev–Trinajstić information content (AvgIpc) is 2.32. The van der Waals surface area contributed by atoms with E-state index in [9.17, 15) is 10.1 Å². The molecule has 0 aromatic carbocycles. The highest BCUT2D eigenvalue weighted by molar-refractivity contribution is 6.28. The summed E-state index contributed by atoms with van der Waals surface area (Å²) < 4.78 is 0. The number of anilines is 1. The Balaban J connectivity index is 2.42. The second-order valence-corrected chi connectivity index (χ2v) is 5.00. The van der Waals surface area contributed by atoms with E-state index in [2.05, 4.69) is 23.8 Å². The molecule has 0 aliphatic carbocycles. The van der Waals surface area contributed by atoms with E-state index < -0.39 is 4.92 Å². The van der Waals surface area contributed by atoms with E-state index in [0.717, 1.165) is 19.4 Å². The number of hydrogen-bond acceptors (Lipinski definition) is 5. The maximum Gasteiger partial charge on any atom is 0.329 e. The smallest absolute Gasteiger partial charge is 0.329 e. The van der Waals surface area contributed by atoms with Crippen LogP contribution in [0.5, 0.6) is 0 Å². The molecule has 0 spiro atoms. The van der Waals surface area contributed by atoms with Crippen molar-refractivity contribution in [3.8, 4) is 0 Å². The van der Waals surface area contributed by atoms with Crippen molar-refractivity contribution >= 4 is 23.1 Å². The van der Waals surface area contributed by atoms with Crippen molar-refractivity contribution < 1.29 is 4.92 Å². The van der Waals surface area contributed by atoms with Gasteiger partial charge in [-0.1, -0.05) is 6.92 Å². The maximum absolute atomic E-state index is 11.0. The fourth-order valence-corrected chi connectivity index (χ4v) is 2.45. The number of rotatable bonds is 2. The minimum atomic E-state index is -0.461. The molecule has 2 atom stereocenters. The predicted molar refractivity (Wildman–Crippen MR) is 68.9 cm³/mol. The lowest BCUT2D eigenvalue weighted by molar-refractivity contribution is -0.384. The first-order valence-electron chi connectivity index (χ1n) is 5.94. The first-order chi connectivity index (χ1) is 8.50. The van der Waals surface area contributed by atoms with Crippen molar-refractivity contribution in [1.29, 1.82) is 0 Å². The Morgan fingerprint density at radius 2 is 2.28 bits per heavy atom. The Kier molecular flexibility index (Phi) is 3.65. The van der Waals surface area contributed by atoms with Crippen LogP contribution in [0.15, 0.2) is 6.20 Å². The van der Waals surface area contributed by atoms with Crippen LogP contribution in [0.1, 0.15) is 26.7 Å². The zero-order chi connectivity index (χ0) is 13.3. The van der Waals surface area contributed by atoms with Crippen LogP contribution >= 0.6 is 11.6 Å². The fourth-order valence-electron chi connectivity index (χ4n) is 2.32. The molecule has 18 heavy (non-hydrogen) atoms. The lowest BCUT2D eigenvalue weighted by Gasteiger charge is -2.38. The highest BCUT2D eigenvalue weighted by Crippen LogP contribution is 2.33. The van der Waals surface area contributed by atoms with E-state index in [4.69, 9.17) is 11.6 Å². The van der Waals surface area contributed by atoms with Gasteiger partial charge in [-0.3, -0.25) is 10.1 Å². The third-order valence-corrected chi connectivity index (χ3v) is 3.75. The molecule has 0 amide bonds. The highest BCUT2D eigenvalue weighted by Gasteiger charge is 2.31. The number of hydrogen-bond donors (Lipinski definition) is 0. The second kappa shape index (κ2) is 5.06. The minimum Gasteiger partial charge on any atom is -0.348 e. The number of piperidine rings is 1. The molecule has 0 N–H and O–H groups in total. The lowest BCUT2D eigenvalue weighted by Crippen LogP contribution is -2.43. The van der Waals surface area contributed by atoms with Gasteiger partial charge in [0.05, 0.1) is 4.92 Å². The zero-order valence-electron chi connectivity index (χ0n) is 10.3. The van der Waals surface area contributed by atoms with Crippen molar-refractivity contribution in [2.75, 3.05) is 11.4 Å². The summed E-state index contributed by atoms with van der Waals surface area (Å²) in [6, 6.07) is 0.211. The van der Waals surface area contributed by atoms with Gasteiger partial charge in [0.15, 0.2) is 0 Å². The molecular formula is C11H15ClN4O2. The Labute approximate surface area is 110 Å². The zero-order valence-corrected chi connectivity index (χ0v) is 11.1. The van der Waals surface area contributed by atoms with Crippen LogP contribution in [0.3, 0.4) is 0 Å². The quantitative estimate of drug-likeness (QED) is 0.469. The molecular weight excluding hydrogens is 256 g/mol. The van der Waals surface area contributed by atoms with Gasteiger partial charge in [-0.2, -0.15) is 4.98 Å². The van der Waals surface area contributed by atoms with Crippen LogP contribution in [0.4, 0.5) is 11.5 Å². The van der Waals surface area contributed by atoms with Crippen molar-refractivity contribution in [1.82, 2.24) is 9.97 Å². The molecule has 7 heteroatoms. The Bertz CT molecular complexity index is 468. The topological polar surface area (TPSA) is 72.2 Å². The molecule has 0 saturated carbocycles. The van der Waals surface area contributed by atoms with Gasteiger partial charge in [-0.05, 0) is 37.3 Å². The monoisotopic (exact) mass is 270 g/mol. The SMILES string of the molecule is CC1CCCN(c2nc(Cl)ncc2[N+](=O)[O-])C1C. The van der Waals surface area contributed by atoms with E-state index in [1.54, 1.807) is 0 Å². The molecule has 0 bridgehead atoms. The predicted octanol–water partition coefficient (Wildman–Crippen LogP) is 2.66. The van der Waals surface area contributed by atoms with Crippen LogP contribution in [0.25, 0.3) is 0 Å². The van der Waals surface area contributed by atoms with Crippen LogP contribution in [0.2, 0.25) is 5.28 Å². The van der Waals surface area contributed by atoms with Gasteiger partial charge in [-0.15, -0.1) is 0 Å². The van der Waals surface area contributed by atoms with Crippen LogP contribution in [-0.4, -0.2) is 27.5 Å². The maximum atomic E-state index is 11.0. The Morgan fingerprint density at radius 1 is 1.56 bits per heavy atom. The van der Waals surface area contributed by atoms with Gasteiger partial charge in [0.25, 0.3) is 0 Å². The van der Waals surface area contributed by atoms with E-state index in [-0.39, 0.29) is 17.0 Å². The summed E-state index contributed by atoms with van der Waals surface area (Å²) in [5, 5.41) is 11.1. The summed E-state index contributed by atoms with van der Waals surface area (Å²) in [5.74, 6) is 0.811. The molecule has 2 heterocycles. The number of nitro groups is 1. The molecule has 1 aliphatic rings. The standard InChI is InChI=1S/C11H15ClN4O2/c1-7-4-3-5-15(8(7)2)10-9(16(17)18)6-13-11(12)14-10/h6-8H,3-5H2,1-2H3. The Morgan fingerprint density at radius 3 is 2.94 bits per heavy atom. The number of nitrogens with zero attached hydrogens (tertiary/aromatic N) is 4. The summed E-state index contributed by atoms with van der Waals surface area (Å²) in [7, 11) is 0. The largest absolute Gasteiger partial charge is 0.348 e. The summed E-state index contributed by atoms with van der Waals surface area (Å²) in [5.41, 5.74) is -0.0830. The van der Waals surface area contributed by atoms with E-state index in [1.807, 2.05) is 4.90 Å². The summed E-state index contributed by atoms with van der Waals surface area (Å²) in [4.78, 5) is 20.2. The molecule has 6 nitrogen and oxygen atoms in total. The molecule has 1 aromatic rings. The van der Waals surface area contributed by atoms with Gasteiger partial charge < -0.3 is 4.90 Å². The second-order valence-electron chi connectivity index (χ2n) is 4.66. The molecule has 1 aromatic heterocycles.